The predicted octanol–water partition coefficient (Wildman–Crippen LogP) is 6.86. The van der Waals surface area contributed by atoms with Gasteiger partial charge in [-0.2, -0.15) is 0 Å². The number of carbonyl (C=O) groups excluding carboxylic acids is 2. The zero-order valence-corrected chi connectivity index (χ0v) is 32.8. The van der Waals surface area contributed by atoms with E-state index in [4.69, 9.17) is 32.7 Å². The number of benzene rings is 4. The van der Waals surface area contributed by atoms with E-state index in [0.29, 0.717) is 82.4 Å². The van der Waals surface area contributed by atoms with Gasteiger partial charge in [0.15, 0.2) is 12.2 Å². The van der Waals surface area contributed by atoms with Crippen LogP contribution in [-0.4, -0.2) is 96.1 Å². The fourth-order valence-electron chi connectivity index (χ4n) is 8.25. The average molecular weight is 824 g/mol. The number of fused-ring (bicyclic) bond motifs is 4. The molecule has 0 spiro atoms. The minimum atomic E-state index is -0.565. The van der Waals surface area contributed by atoms with Crippen molar-refractivity contribution in [2.45, 2.75) is 25.0 Å². The van der Waals surface area contributed by atoms with E-state index in [0.717, 1.165) is 59.6 Å². The first-order valence-corrected chi connectivity index (χ1v) is 20.0. The van der Waals surface area contributed by atoms with Crippen LogP contribution in [0.4, 0.5) is 8.78 Å². The van der Waals surface area contributed by atoms with Crippen LogP contribution in [0.3, 0.4) is 0 Å². The van der Waals surface area contributed by atoms with E-state index in [-0.39, 0.29) is 23.4 Å². The lowest BCUT2D eigenvalue weighted by atomic mass is 9.97. The minimum Gasteiger partial charge on any atom is -0.479 e. The Kier molecular flexibility index (Phi) is 10.6. The Morgan fingerprint density at radius 3 is 1.43 bits per heavy atom. The number of hydrogen-bond acceptors (Lipinski definition) is 8. The highest BCUT2D eigenvalue weighted by atomic mass is 35.5. The smallest absolute Gasteiger partial charge is 0.264 e. The second kappa shape index (κ2) is 16.1. The van der Waals surface area contributed by atoms with Crippen LogP contribution in [-0.2, 0) is 22.4 Å². The zero-order chi connectivity index (χ0) is 39.9. The Hall–Kier alpha value is -5.40. The number of aromatic nitrogens is 2. The van der Waals surface area contributed by atoms with Crippen LogP contribution in [0.15, 0.2) is 85.2 Å². The SMILES string of the molecule is O=C([C@@H]1Cc2cc(Cl)cc(-c3ccnc4c(F)cccc34)c2O1)N1CCNCC1.O=C([C@H]1Cc2cc(Cl)cc(-c3ccnc4c(F)cccc34)c2O1)N1CCNCC1. The minimum absolute atomic E-state index is 0.00426. The van der Waals surface area contributed by atoms with Crippen LogP contribution in [0, 0.1) is 11.6 Å². The number of ether oxygens (including phenoxy) is 2. The Labute approximate surface area is 343 Å². The van der Waals surface area contributed by atoms with Crippen LogP contribution in [0.25, 0.3) is 44.1 Å². The number of pyridine rings is 2. The number of nitrogens with one attached hydrogen (secondary N) is 2. The molecule has 6 heterocycles. The number of hydrogen-bond donors (Lipinski definition) is 2. The predicted molar refractivity (Wildman–Crippen MR) is 219 cm³/mol. The maximum Gasteiger partial charge on any atom is 0.264 e. The van der Waals surface area contributed by atoms with E-state index >= 15 is 0 Å². The second-order valence-corrected chi connectivity index (χ2v) is 15.5. The summed E-state index contributed by atoms with van der Waals surface area (Å²) < 4.78 is 40.8. The van der Waals surface area contributed by atoms with Gasteiger partial charge in [-0.05, 0) is 59.7 Å². The van der Waals surface area contributed by atoms with Gasteiger partial charge in [-0.15, -0.1) is 0 Å². The number of amides is 2. The molecule has 2 aromatic heterocycles. The largest absolute Gasteiger partial charge is 0.479 e. The zero-order valence-electron chi connectivity index (χ0n) is 31.2. The number of carbonyl (C=O) groups is 2. The number of rotatable bonds is 4. The van der Waals surface area contributed by atoms with Crippen molar-refractivity contribution in [3.8, 4) is 33.8 Å². The topological polar surface area (TPSA) is 109 Å². The van der Waals surface area contributed by atoms with Crippen molar-refractivity contribution in [2.24, 2.45) is 0 Å². The van der Waals surface area contributed by atoms with Crippen LogP contribution < -0.4 is 20.1 Å². The first kappa shape index (κ1) is 38.1. The molecule has 14 heteroatoms. The summed E-state index contributed by atoms with van der Waals surface area (Å²) in [6.45, 7) is 5.86. The van der Waals surface area contributed by atoms with Gasteiger partial charge in [0, 0.05) is 121 Å². The molecule has 58 heavy (non-hydrogen) atoms. The first-order chi connectivity index (χ1) is 28.2. The monoisotopic (exact) mass is 822 g/mol. The summed E-state index contributed by atoms with van der Waals surface area (Å²) in [4.78, 5) is 37.9. The lowest BCUT2D eigenvalue weighted by Gasteiger charge is -2.29. The summed E-state index contributed by atoms with van der Waals surface area (Å²) in [5.74, 6) is 0.511. The van der Waals surface area contributed by atoms with E-state index in [1.165, 1.54) is 12.1 Å². The standard InChI is InChI=1S/2C22H19ClFN3O2/c2*23-14-10-13-11-19(22(28)27-8-6-25-7-9-27)29-21(13)17(12-14)15-4-5-26-20-16(15)2-1-3-18(20)24/h2*1-5,10,12,19,25H,6-9,11H2/t2*19-/m10/s1. The van der Waals surface area contributed by atoms with E-state index in [9.17, 15) is 18.4 Å². The number of nitrogens with zero attached hydrogens (tertiary/aromatic N) is 4. The third kappa shape index (κ3) is 7.30. The van der Waals surface area contributed by atoms with Crippen molar-refractivity contribution in [2.75, 3.05) is 52.4 Å². The first-order valence-electron chi connectivity index (χ1n) is 19.3. The third-order valence-electron chi connectivity index (χ3n) is 11.0. The van der Waals surface area contributed by atoms with Crippen LogP contribution >= 0.6 is 23.2 Å². The van der Waals surface area contributed by atoms with E-state index in [1.54, 1.807) is 36.7 Å². The van der Waals surface area contributed by atoms with Gasteiger partial charge in [-0.3, -0.25) is 19.6 Å². The van der Waals surface area contributed by atoms with E-state index < -0.39 is 12.2 Å². The molecule has 2 amide bonds. The van der Waals surface area contributed by atoms with Crippen LogP contribution in [0.2, 0.25) is 10.0 Å². The molecule has 0 bridgehead atoms. The maximum atomic E-state index is 14.2. The van der Waals surface area contributed by atoms with Gasteiger partial charge in [-0.1, -0.05) is 47.5 Å². The summed E-state index contributed by atoms with van der Waals surface area (Å²) in [7, 11) is 0. The van der Waals surface area contributed by atoms with Crippen LogP contribution in [0.1, 0.15) is 11.1 Å². The van der Waals surface area contributed by atoms with Gasteiger partial charge in [0.25, 0.3) is 11.8 Å². The van der Waals surface area contributed by atoms with Gasteiger partial charge < -0.3 is 29.9 Å². The van der Waals surface area contributed by atoms with Gasteiger partial charge in [0.2, 0.25) is 0 Å². The molecule has 0 unspecified atom stereocenters. The van der Waals surface area contributed by atoms with Gasteiger partial charge >= 0.3 is 0 Å². The summed E-state index contributed by atoms with van der Waals surface area (Å²) in [5, 5.41) is 8.96. The summed E-state index contributed by atoms with van der Waals surface area (Å²) in [6, 6.07) is 20.7. The van der Waals surface area contributed by atoms with Gasteiger partial charge in [-0.25, -0.2) is 8.78 Å². The lowest BCUT2D eigenvalue weighted by molar-refractivity contribution is -0.139. The molecule has 2 fully saturated rings. The van der Waals surface area contributed by atoms with Crippen LogP contribution in [0.5, 0.6) is 11.5 Å². The quantitative estimate of drug-likeness (QED) is 0.199. The molecule has 0 aliphatic carbocycles. The summed E-state index contributed by atoms with van der Waals surface area (Å²) in [5.41, 5.74) is 5.44. The third-order valence-corrected chi connectivity index (χ3v) is 11.5. The number of halogens is 4. The molecule has 0 radical (unpaired) electrons. The van der Waals surface area contributed by atoms with Crippen molar-refractivity contribution < 1.29 is 27.8 Å². The Morgan fingerprint density at radius 1 is 0.603 bits per heavy atom. The molecular weight excluding hydrogens is 785 g/mol. The van der Waals surface area contributed by atoms with E-state index in [2.05, 4.69) is 20.6 Å². The summed E-state index contributed by atoms with van der Waals surface area (Å²) in [6.07, 6.45) is 2.97. The Morgan fingerprint density at radius 2 is 1.02 bits per heavy atom. The highest BCUT2D eigenvalue weighted by molar-refractivity contribution is 6.31. The van der Waals surface area contributed by atoms with Crippen molar-refractivity contribution in [3.05, 3.63) is 118 Å². The Balaban J connectivity index is 0.000000150. The molecule has 4 aromatic carbocycles. The molecule has 2 N–H and O–H groups in total. The number of para-hydroxylation sites is 2. The van der Waals surface area contributed by atoms with Crippen molar-refractivity contribution in [1.29, 1.82) is 0 Å². The molecule has 4 aliphatic heterocycles. The summed E-state index contributed by atoms with van der Waals surface area (Å²) >= 11 is 12.8. The molecule has 4 aliphatic rings. The molecule has 2 atom stereocenters. The molecule has 10 nitrogen and oxygen atoms in total. The van der Waals surface area contributed by atoms with Crippen molar-refractivity contribution in [1.82, 2.24) is 30.4 Å². The van der Waals surface area contributed by atoms with Crippen molar-refractivity contribution >= 4 is 56.8 Å². The normalized spacial score (nSPS) is 18.6. The fraction of sp³-hybridized carbons (Fsp3) is 0.273. The molecule has 0 saturated carbocycles. The van der Waals surface area contributed by atoms with E-state index in [1.807, 2.05) is 46.2 Å². The van der Waals surface area contributed by atoms with Crippen molar-refractivity contribution in [3.63, 3.8) is 0 Å². The molecule has 6 aromatic rings. The highest BCUT2D eigenvalue weighted by Crippen LogP contribution is 2.45. The number of piperazine rings is 2. The second-order valence-electron chi connectivity index (χ2n) is 14.6. The average Bonchev–Trinajstić information content (AvgIpc) is 3.88. The molecule has 10 rings (SSSR count). The molecule has 296 valence electrons. The molecule has 2 saturated heterocycles. The van der Waals surface area contributed by atoms with Gasteiger partial charge in [0.1, 0.15) is 34.2 Å². The molecular formula is C44H38Cl2F2N6O4. The maximum absolute atomic E-state index is 14.2. The fourth-order valence-corrected chi connectivity index (χ4v) is 8.73. The van der Waals surface area contributed by atoms with Gasteiger partial charge in [0.05, 0.1) is 0 Å². The lowest BCUT2D eigenvalue weighted by Crippen LogP contribution is -2.50. The highest BCUT2D eigenvalue weighted by Gasteiger charge is 2.36. The Bertz CT molecular complexity index is 2410.